The number of aliphatic hydroxyl groups excluding tert-OH is 1. The molecule has 0 aliphatic heterocycles. The lowest BCUT2D eigenvalue weighted by atomic mass is 9.71. The van der Waals surface area contributed by atoms with E-state index in [1.807, 2.05) is 0 Å². The van der Waals surface area contributed by atoms with E-state index in [-0.39, 0.29) is 0 Å². The van der Waals surface area contributed by atoms with E-state index >= 15 is 0 Å². The van der Waals surface area contributed by atoms with Gasteiger partial charge < -0.3 is 10.0 Å². The van der Waals surface area contributed by atoms with E-state index in [0.29, 0.717) is 6.61 Å². The molecule has 1 fully saturated rings. The van der Waals surface area contributed by atoms with Gasteiger partial charge in [0.1, 0.15) is 0 Å². The smallest absolute Gasteiger partial charge is 0.0443 e. The number of nitrogens with zero attached hydrogens (tertiary/aromatic N) is 1. The van der Waals surface area contributed by atoms with Crippen molar-refractivity contribution < 1.29 is 5.11 Å². The van der Waals surface area contributed by atoms with Crippen molar-refractivity contribution in [3.63, 3.8) is 0 Å². The van der Waals surface area contributed by atoms with Crippen LogP contribution in [0, 0.1) is 11.8 Å². The van der Waals surface area contributed by atoms with Crippen LogP contribution in [0.15, 0.2) is 0 Å². The molecular formula is C10H21NO. The maximum Gasteiger partial charge on any atom is 0.0443 e. The summed E-state index contributed by atoms with van der Waals surface area (Å²) in [5.41, 5.74) is 0. The van der Waals surface area contributed by atoms with Crippen LogP contribution in [-0.4, -0.2) is 36.2 Å². The summed E-state index contributed by atoms with van der Waals surface area (Å²) in [5, 5.41) is 8.69. The SMILES string of the molecule is CC1CC(C)C1N(C)CCCO. The molecule has 2 nitrogen and oxygen atoms in total. The lowest BCUT2D eigenvalue weighted by Gasteiger charge is -2.46. The topological polar surface area (TPSA) is 23.5 Å². The van der Waals surface area contributed by atoms with Gasteiger partial charge in [0, 0.05) is 19.2 Å². The van der Waals surface area contributed by atoms with Crippen LogP contribution in [0.2, 0.25) is 0 Å². The van der Waals surface area contributed by atoms with Crippen molar-refractivity contribution in [1.29, 1.82) is 0 Å². The Morgan fingerprint density at radius 2 is 1.92 bits per heavy atom. The van der Waals surface area contributed by atoms with Gasteiger partial charge in [0.25, 0.3) is 0 Å². The standard InChI is InChI=1S/C10H21NO/c1-8-7-9(2)10(8)11(3)5-4-6-12/h8-10,12H,4-7H2,1-3H3. The third-order valence-corrected chi connectivity index (χ3v) is 3.09. The summed E-state index contributed by atoms with van der Waals surface area (Å²) in [6, 6.07) is 0.761. The van der Waals surface area contributed by atoms with E-state index < -0.39 is 0 Å². The van der Waals surface area contributed by atoms with Crippen LogP contribution >= 0.6 is 0 Å². The summed E-state index contributed by atoms with van der Waals surface area (Å²) >= 11 is 0. The average Bonchev–Trinajstić information content (AvgIpc) is 2.00. The molecule has 2 unspecified atom stereocenters. The minimum atomic E-state index is 0.319. The molecule has 0 bridgehead atoms. The van der Waals surface area contributed by atoms with Gasteiger partial charge in [0.15, 0.2) is 0 Å². The van der Waals surface area contributed by atoms with E-state index in [1.165, 1.54) is 6.42 Å². The molecule has 1 saturated carbocycles. The fourth-order valence-electron chi connectivity index (χ4n) is 2.57. The zero-order valence-corrected chi connectivity index (χ0v) is 8.45. The van der Waals surface area contributed by atoms with Crippen LogP contribution in [0.5, 0.6) is 0 Å². The minimum absolute atomic E-state index is 0.319. The van der Waals surface area contributed by atoms with Crippen molar-refractivity contribution in [3.8, 4) is 0 Å². The number of hydrogen-bond acceptors (Lipinski definition) is 2. The average molecular weight is 171 g/mol. The van der Waals surface area contributed by atoms with Gasteiger partial charge >= 0.3 is 0 Å². The first-order valence-electron chi connectivity index (χ1n) is 4.98. The summed E-state index contributed by atoms with van der Waals surface area (Å²) in [7, 11) is 2.17. The van der Waals surface area contributed by atoms with Gasteiger partial charge in [-0.25, -0.2) is 0 Å². The van der Waals surface area contributed by atoms with E-state index in [1.54, 1.807) is 0 Å². The highest BCUT2D eigenvalue weighted by Gasteiger charge is 2.36. The second-order valence-corrected chi connectivity index (χ2v) is 4.24. The number of rotatable bonds is 4. The predicted molar refractivity (Wildman–Crippen MR) is 51.1 cm³/mol. The van der Waals surface area contributed by atoms with Crippen molar-refractivity contribution in [3.05, 3.63) is 0 Å². The highest BCUT2D eigenvalue weighted by molar-refractivity contribution is 4.90. The second kappa shape index (κ2) is 4.24. The van der Waals surface area contributed by atoms with Crippen molar-refractivity contribution in [2.75, 3.05) is 20.2 Å². The lowest BCUT2D eigenvalue weighted by Crippen LogP contribution is -2.50. The van der Waals surface area contributed by atoms with Gasteiger partial charge in [-0.3, -0.25) is 0 Å². The highest BCUT2D eigenvalue weighted by atomic mass is 16.3. The van der Waals surface area contributed by atoms with Crippen molar-refractivity contribution in [2.45, 2.75) is 32.7 Å². The molecule has 0 saturated heterocycles. The van der Waals surface area contributed by atoms with Gasteiger partial charge in [-0.2, -0.15) is 0 Å². The molecule has 1 rings (SSSR count). The molecule has 0 aromatic carbocycles. The van der Waals surface area contributed by atoms with E-state index in [2.05, 4.69) is 25.8 Å². The maximum atomic E-state index is 8.69. The van der Waals surface area contributed by atoms with Crippen LogP contribution in [0.1, 0.15) is 26.7 Å². The Hall–Kier alpha value is -0.0800. The second-order valence-electron chi connectivity index (χ2n) is 4.24. The summed E-state index contributed by atoms with van der Waals surface area (Å²) in [4.78, 5) is 2.40. The fraction of sp³-hybridized carbons (Fsp3) is 1.00. The molecule has 0 heterocycles. The Kier molecular flexibility index (Phi) is 3.53. The zero-order valence-electron chi connectivity index (χ0n) is 8.45. The van der Waals surface area contributed by atoms with Crippen molar-refractivity contribution in [1.82, 2.24) is 4.90 Å². The Morgan fingerprint density at radius 1 is 1.33 bits per heavy atom. The van der Waals surface area contributed by atoms with Gasteiger partial charge in [-0.15, -0.1) is 0 Å². The van der Waals surface area contributed by atoms with Crippen LogP contribution < -0.4 is 0 Å². The molecule has 1 aliphatic rings. The Balaban J connectivity index is 2.26. The van der Waals surface area contributed by atoms with Crippen LogP contribution in [-0.2, 0) is 0 Å². The van der Waals surface area contributed by atoms with Gasteiger partial charge in [0.2, 0.25) is 0 Å². The molecule has 0 aromatic heterocycles. The summed E-state index contributed by atoms with van der Waals surface area (Å²) in [5.74, 6) is 1.70. The maximum absolute atomic E-state index is 8.69. The Morgan fingerprint density at radius 3 is 2.33 bits per heavy atom. The largest absolute Gasteiger partial charge is 0.396 e. The first-order chi connectivity index (χ1) is 5.66. The third-order valence-electron chi connectivity index (χ3n) is 3.09. The van der Waals surface area contributed by atoms with Gasteiger partial charge in [-0.05, 0) is 31.7 Å². The third kappa shape index (κ3) is 1.99. The molecule has 0 amide bonds. The lowest BCUT2D eigenvalue weighted by molar-refractivity contribution is 0.0312. The molecule has 2 atom stereocenters. The monoisotopic (exact) mass is 171 g/mol. The first kappa shape index (κ1) is 10.0. The minimum Gasteiger partial charge on any atom is -0.396 e. The highest BCUT2D eigenvalue weighted by Crippen LogP contribution is 2.36. The summed E-state index contributed by atoms with van der Waals surface area (Å²) in [6.45, 7) is 6.00. The van der Waals surface area contributed by atoms with Gasteiger partial charge in [-0.1, -0.05) is 13.8 Å². The molecule has 1 aliphatic carbocycles. The molecule has 0 radical (unpaired) electrons. The molecule has 2 heteroatoms. The first-order valence-corrected chi connectivity index (χ1v) is 4.98. The number of aliphatic hydroxyl groups is 1. The zero-order chi connectivity index (χ0) is 9.14. The molecule has 12 heavy (non-hydrogen) atoms. The van der Waals surface area contributed by atoms with Crippen LogP contribution in [0.25, 0.3) is 0 Å². The predicted octanol–water partition coefficient (Wildman–Crippen LogP) is 1.35. The van der Waals surface area contributed by atoms with E-state index in [9.17, 15) is 0 Å². The molecule has 72 valence electrons. The molecule has 1 N–H and O–H groups in total. The number of hydrogen-bond donors (Lipinski definition) is 1. The van der Waals surface area contributed by atoms with Crippen molar-refractivity contribution >= 4 is 0 Å². The van der Waals surface area contributed by atoms with Crippen molar-refractivity contribution in [2.24, 2.45) is 11.8 Å². The normalized spacial score (nSPS) is 35.2. The Labute approximate surface area is 75.6 Å². The molecule has 0 aromatic rings. The summed E-state index contributed by atoms with van der Waals surface area (Å²) in [6.07, 6.45) is 2.28. The van der Waals surface area contributed by atoms with Crippen LogP contribution in [0.4, 0.5) is 0 Å². The van der Waals surface area contributed by atoms with E-state index in [0.717, 1.165) is 30.8 Å². The van der Waals surface area contributed by atoms with E-state index in [4.69, 9.17) is 5.11 Å². The molecular weight excluding hydrogens is 150 g/mol. The summed E-state index contributed by atoms with van der Waals surface area (Å²) < 4.78 is 0. The van der Waals surface area contributed by atoms with Gasteiger partial charge in [0.05, 0.1) is 0 Å². The fourth-order valence-corrected chi connectivity index (χ4v) is 2.57. The Bertz CT molecular complexity index is 130. The quantitative estimate of drug-likeness (QED) is 0.690. The van der Waals surface area contributed by atoms with Crippen LogP contribution in [0.3, 0.4) is 0 Å². The molecule has 0 spiro atoms.